The molecule has 0 radical (unpaired) electrons. The number of nitriles is 1. The lowest BCUT2D eigenvalue weighted by molar-refractivity contribution is -0.115. The summed E-state index contributed by atoms with van der Waals surface area (Å²) in [6, 6.07) is 11.2. The highest BCUT2D eigenvalue weighted by molar-refractivity contribution is 7.16. The first-order valence-corrected chi connectivity index (χ1v) is 6.78. The minimum atomic E-state index is -0.122. The van der Waals surface area contributed by atoms with E-state index in [4.69, 9.17) is 5.26 Å². The van der Waals surface area contributed by atoms with E-state index in [1.54, 1.807) is 18.3 Å². The summed E-state index contributed by atoms with van der Waals surface area (Å²) in [6.07, 6.45) is 1.95. The zero-order chi connectivity index (χ0) is 13.9. The summed E-state index contributed by atoms with van der Waals surface area (Å²) >= 11 is 1.26. The van der Waals surface area contributed by atoms with Gasteiger partial charge in [-0.15, -0.1) is 11.3 Å². The number of rotatable bonds is 3. The summed E-state index contributed by atoms with van der Waals surface area (Å²) in [5.74, 6) is -0.122. The lowest BCUT2D eigenvalue weighted by Crippen LogP contribution is -2.13. The Morgan fingerprint density at radius 3 is 3.10 bits per heavy atom. The molecule has 0 aliphatic rings. The van der Waals surface area contributed by atoms with Gasteiger partial charge in [0, 0.05) is 17.3 Å². The average Bonchev–Trinajstić information content (AvgIpc) is 3.04. The number of nitrogens with one attached hydrogen (secondary N) is 2. The third-order valence-electron chi connectivity index (χ3n) is 2.78. The molecule has 3 rings (SSSR count). The first kappa shape index (κ1) is 12.4. The number of aromatic nitrogens is 2. The summed E-state index contributed by atoms with van der Waals surface area (Å²) in [6.45, 7) is 0. The number of hydrogen-bond donors (Lipinski definition) is 2. The Hall–Kier alpha value is -2.65. The van der Waals surface area contributed by atoms with Crippen molar-refractivity contribution in [3.63, 3.8) is 0 Å². The monoisotopic (exact) mass is 282 g/mol. The molecular weight excluding hydrogens is 272 g/mol. The van der Waals surface area contributed by atoms with Gasteiger partial charge in [0.25, 0.3) is 0 Å². The molecular formula is C14H10N4OS. The maximum atomic E-state index is 11.9. The van der Waals surface area contributed by atoms with E-state index >= 15 is 0 Å². The minimum absolute atomic E-state index is 0.122. The van der Waals surface area contributed by atoms with Crippen LogP contribution in [0.15, 0.2) is 36.5 Å². The molecule has 0 spiro atoms. The van der Waals surface area contributed by atoms with Gasteiger partial charge in [-0.25, -0.2) is 4.98 Å². The first-order valence-electron chi connectivity index (χ1n) is 5.97. The van der Waals surface area contributed by atoms with Crippen molar-refractivity contribution in [3.05, 3.63) is 47.1 Å². The second-order valence-corrected chi connectivity index (χ2v) is 5.32. The lowest BCUT2D eigenvalue weighted by Gasteiger charge is -2.00. The number of H-pyrrole nitrogens is 1. The molecule has 0 saturated carbocycles. The van der Waals surface area contributed by atoms with Gasteiger partial charge < -0.3 is 10.3 Å². The van der Waals surface area contributed by atoms with Crippen molar-refractivity contribution in [3.8, 4) is 6.07 Å². The topological polar surface area (TPSA) is 81.6 Å². The number of pyridine rings is 1. The normalized spacial score (nSPS) is 10.3. The molecule has 5 nitrogen and oxygen atoms in total. The highest BCUT2D eigenvalue weighted by Crippen LogP contribution is 2.21. The fourth-order valence-corrected chi connectivity index (χ4v) is 2.65. The zero-order valence-corrected chi connectivity index (χ0v) is 11.2. The van der Waals surface area contributed by atoms with Crippen LogP contribution in [0.25, 0.3) is 11.0 Å². The zero-order valence-electron chi connectivity index (χ0n) is 10.4. The fourth-order valence-electron chi connectivity index (χ4n) is 1.93. The number of carbonyl (C=O) groups is 1. The quantitative estimate of drug-likeness (QED) is 0.775. The molecule has 20 heavy (non-hydrogen) atoms. The van der Waals surface area contributed by atoms with E-state index in [0.29, 0.717) is 9.88 Å². The van der Waals surface area contributed by atoms with E-state index in [2.05, 4.69) is 15.3 Å². The van der Waals surface area contributed by atoms with Crippen molar-refractivity contribution in [1.82, 2.24) is 9.97 Å². The lowest BCUT2D eigenvalue weighted by atomic mass is 10.2. The number of nitrogens with zero attached hydrogens (tertiary/aromatic N) is 2. The van der Waals surface area contributed by atoms with Crippen molar-refractivity contribution in [2.75, 3.05) is 5.32 Å². The molecule has 0 fully saturated rings. The van der Waals surface area contributed by atoms with Crippen LogP contribution < -0.4 is 5.32 Å². The highest BCUT2D eigenvalue weighted by Gasteiger charge is 2.08. The SMILES string of the molecule is N#Cc1ccc(NC(=O)Cc2cc3cccnc3[nH]2)s1. The maximum Gasteiger partial charge on any atom is 0.230 e. The summed E-state index contributed by atoms with van der Waals surface area (Å²) in [5, 5.41) is 13.2. The van der Waals surface area contributed by atoms with E-state index in [0.717, 1.165) is 16.7 Å². The molecule has 3 aromatic rings. The Morgan fingerprint density at radius 2 is 2.35 bits per heavy atom. The second kappa shape index (κ2) is 5.15. The molecule has 0 unspecified atom stereocenters. The number of fused-ring (bicyclic) bond motifs is 1. The average molecular weight is 282 g/mol. The van der Waals surface area contributed by atoms with Crippen LogP contribution in [0.5, 0.6) is 0 Å². The van der Waals surface area contributed by atoms with Gasteiger partial charge in [-0.3, -0.25) is 4.79 Å². The van der Waals surface area contributed by atoms with Gasteiger partial charge in [0.1, 0.15) is 16.6 Å². The standard InChI is InChI=1S/C14H10N4OS/c15-8-11-3-4-13(20-11)18-12(19)7-10-6-9-2-1-5-16-14(9)17-10/h1-6H,7H2,(H,16,17)(H,18,19). The number of carbonyl (C=O) groups excluding carboxylic acids is 1. The number of aromatic amines is 1. The molecule has 3 heterocycles. The number of thiophene rings is 1. The summed E-state index contributed by atoms with van der Waals surface area (Å²) in [7, 11) is 0. The molecule has 0 saturated heterocycles. The third-order valence-corrected chi connectivity index (χ3v) is 3.68. The largest absolute Gasteiger partial charge is 0.343 e. The van der Waals surface area contributed by atoms with Crippen LogP contribution in [0.2, 0.25) is 0 Å². The van der Waals surface area contributed by atoms with Crippen LogP contribution in [0.1, 0.15) is 10.6 Å². The molecule has 6 heteroatoms. The molecule has 0 aromatic carbocycles. The van der Waals surface area contributed by atoms with Crippen molar-refractivity contribution in [2.45, 2.75) is 6.42 Å². The van der Waals surface area contributed by atoms with E-state index in [1.807, 2.05) is 24.3 Å². The van der Waals surface area contributed by atoms with Gasteiger partial charge in [0.05, 0.1) is 11.4 Å². The maximum absolute atomic E-state index is 11.9. The van der Waals surface area contributed by atoms with Gasteiger partial charge in [0.15, 0.2) is 0 Å². The highest BCUT2D eigenvalue weighted by atomic mass is 32.1. The third kappa shape index (κ3) is 2.53. The van der Waals surface area contributed by atoms with Crippen LogP contribution in [-0.2, 0) is 11.2 Å². The van der Waals surface area contributed by atoms with Crippen molar-refractivity contribution in [1.29, 1.82) is 5.26 Å². The molecule has 0 aliphatic carbocycles. The number of amides is 1. The van der Waals surface area contributed by atoms with Gasteiger partial charge in [-0.2, -0.15) is 5.26 Å². The Morgan fingerprint density at radius 1 is 1.45 bits per heavy atom. The van der Waals surface area contributed by atoms with Crippen LogP contribution in [0.4, 0.5) is 5.00 Å². The van der Waals surface area contributed by atoms with E-state index in [9.17, 15) is 4.79 Å². The van der Waals surface area contributed by atoms with Crippen molar-refractivity contribution in [2.24, 2.45) is 0 Å². The molecule has 0 aliphatic heterocycles. The second-order valence-electron chi connectivity index (χ2n) is 4.24. The van der Waals surface area contributed by atoms with E-state index < -0.39 is 0 Å². The molecule has 98 valence electrons. The van der Waals surface area contributed by atoms with Gasteiger partial charge >= 0.3 is 0 Å². The van der Waals surface area contributed by atoms with Crippen LogP contribution in [0, 0.1) is 11.3 Å². The Bertz CT molecular complexity index is 779. The fraction of sp³-hybridized carbons (Fsp3) is 0.0714. The van der Waals surface area contributed by atoms with Crippen LogP contribution in [0.3, 0.4) is 0 Å². The predicted octanol–water partition coefficient (Wildman–Crippen LogP) is 2.68. The Labute approximate surface area is 118 Å². The Balaban J connectivity index is 1.70. The molecule has 2 N–H and O–H groups in total. The summed E-state index contributed by atoms with van der Waals surface area (Å²) in [4.78, 5) is 19.8. The smallest absolute Gasteiger partial charge is 0.230 e. The predicted molar refractivity (Wildman–Crippen MR) is 77.5 cm³/mol. The molecule has 0 atom stereocenters. The van der Waals surface area contributed by atoms with Crippen LogP contribution in [-0.4, -0.2) is 15.9 Å². The first-order chi connectivity index (χ1) is 9.74. The number of hydrogen-bond acceptors (Lipinski definition) is 4. The van der Waals surface area contributed by atoms with Gasteiger partial charge in [0.2, 0.25) is 5.91 Å². The van der Waals surface area contributed by atoms with Gasteiger partial charge in [-0.1, -0.05) is 0 Å². The molecule has 0 bridgehead atoms. The Kier molecular flexibility index (Phi) is 3.19. The minimum Gasteiger partial charge on any atom is -0.343 e. The van der Waals surface area contributed by atoms with Crippen LogP contribution >= 0.6 is 11.3 Å². The van der Waals surface area contributed by atoms with Gasteiger partial charge in [-0.05, 0) is 30.3 Å². The number of anilines is 1. The van der Waals surface area contributed by atoms with Crippen molar-refractivity contribution < 1.29 is 4.79 Å². The molecule has 1 amide bonds. The van der Waals surface area contributed by atoms with E-state index in [-0.39, 0.29) is 12.3 Å². The van der Waals surface area contributed by atoms with E-state index in [1.165, 1.54) is 11.3 Å². The summed E-state index contributed by atoms with van der Waals surface area (Å²) in [5.41, 5.74) is 1.59. The summed E-state index contributed by atoms with van der Waals surface area (Å²) < 4.78 is 0. The molecule has 3 aromatic heterocycles. The van der Waals surface area contributed by atoms with Crippen molar-refractivity contribution >= 4 is 33.3 Å².